The molecule has 1 heterocycles. The number of ether oxygens (including phenoxy) is 1. The number of nitrogens with one attached hydrogen (secondary N) is 1. The van der Waals surface area contributed by atoms with Crippen LogP contribution in [0.3, 0.4) is 0 Å². The number of amides is 1. The Morgan fingerprint density at radius 1 is 1.06 bits per heavy atom. The molecule has 0 aromatic heterocycles. The Labute approximate surface area is 205 Å². The monoisotopic (exact) mass is 498 g/mol. The molecule has 178 valence electrons. The van der Waals surface area contributed by atoms with Crippen LogP contribution in [0.25, 0.3) is 0 Å². The van der Waals surface area contributed by atoms with Gasteiger partial charge in [0.2, 0.25) is 0 Å². The molecule has 1 N–H and O–H groups in total. The second-order valence-electron chi connectivity index (χ2n) is 9.23. The van der Waals surface area contributed by atoms with Crippen molar-refractivity contribution in [1.82, 2.24) is 5.32 Å². The predicted octanol–water partition coefficient (Wildman–Crippen LogP) is 4.91. The minimum absolute atomic E-state index is 0.135. The molecule has 0 spiro atoms. The van der Waals surface area contributed by atoms with Crippen LogP contribution in [0.4, 0.5) is 5.69 Å². The van der Waals surface area contributed by atoms with Gasteiger partial charge in [0.05, 0.1) is 17.1 Å². The van der Waals surface area contributed by atoms with Crippen molar-refractivity contribution in [3.05, 3.63) is 88.9 Å². The summed E-state index contributed by atoms with van der Waals surface area (Å²) in [6, 6.07) is 20.8. The quantitative estimate of drug-likeness (QED) is 0.542. The smallest absolute Gasteiger partial charge is 0.264 e. The normalized spacial score (nSPS) is 15.9. The lowest BCUT2D eigenvalue weighted by Gasteiger charge is -2.36. The number of sulfonamides is 1. The number of benzene rings is 3. The van der Waals surface area contributed by atoms with Crippen LogP contribution in [0.1, 0.15) is 31.9 Å². The van der Waals surface area contributed by atoms with Gasteiger partial charge in [-0.15, -0.1) is 0 Å². The molecule has 1 amide bonds. The van der Waals surface area contributed by atoms with Gasteiger partial charge in [-0.2, -0.15) is 0 Å². The van der Waals surface area contributed by atoms with E-state index in [-0.39, 0.29) is 23.4 Å². The molecule has 1 aliphatic heterocycles. The van der Waals surface area contributed by atoms with E-state index in [9.17, 15) is 13.2 Å². The van der Waals surface area contributed by atoms with E-state index in [1.54, 1.807) is 48.5 Å². The van der Waals surface area contributed by atoms with Crippen molar-refractivity contribution in [3.8, 4) is 5.75 Å². The Bertz CT molecular complexity index is 1290. The summed E-state index contributed by atoms with van der Waals surface area (Å²) in [5, 5.41) is 3.45. The highest BCUT2D eigenvalue weighted by Gasteiger charge is 2.38. The summed E-state index contributed by atoms with van der Waals surface area (Å²) in [4.78, 5) is 13.2. The number of carbonyl (C=O) groups is 1. The molecule has 0 bridgehead atoms. The van der Waals surface area contributed by atoms with Gasteiger partial charge >= 0.3 is 0 Å². The van der Waals surface area contributed by atoms with E-state index in [2.05, 4.69) is 26.1 Å². The van der Waals surface area contributed by atoms with Crippen LogP contribution in [-0.4, -0.2) is 27.0 Å². The molecule has 0 aliphatic carbocycles. The van der Waals surface area contributed by atoms with Crippen molar-refractivity contribution in [3.63, 3.8) is 0 Å². The van der Waals surface area contributed by atoms with Crippen molar-refractivity contribution >= 4 is 33.2 Å². The van der Waals surface area contributed by atoms with Gasteiger partial charge in [-0.1, -0.05) is 68.8 Å². The molecule has 0 radical (unpaired) electrons. The summed E-state index contributed by atoms with van der Waals surface area (Å²) in [7, 11) is -3.92. The predicted molar refractivity (Wildman–Crippen MR) is 134 cm³/mol. The van der Waals surface area contributed by atoms with Gasteiger partial charge in [0, 0.05) is 11.6 Å². The van der Waals surface area contributed by atoms with E-state index < -0.39 is 22.0 Å². The first-order chi connectivity index (χ1) is 16.1. The summed E-state index contributed by atoms with van der Waals surface area (Å²) in [6.45, 7) is 6.31. The van der Waals surface area contributed by atoms with Crippen LogP contribution >= 0.6 is 11.6 Å². The number of carbonyl (C=O) groups excluding carboxylic acids is 1. The van der Waals surface area contributed by atoms with E-state index >= 15 is 0 Å². The molecule has 6 nitrogen and oxygen atoms in total. The molecule has 8 heteroatoms. The average Bonchev–Trinajstić information content (AvgIpc) is 2.82. The van der Waals surface area contributed by atoms with Gasteiger partial charge in [0.25, 0.3) is 15.9 Å². The maximum absolute atomic E-state index is 13.6. The summed E-state index contributed by atoms with van der Waals surface area (Å²) in [5.41, 5.74) is 2.08. The van der Waals surface area contributed by atoms with Crippen LogP contribution in [0, 0.1) is 0 Å². The summed E-state index contributed by atoms with van der Waals surface area (Å²) < 4.78 is 34.5. The highest BCUT2D eigenvalue weighted by Crippen LogP contribution is 2.40. The Morgan fingerprint density at radius 2 is 1.74 bits per heavy atom. The van der Waals surface area contributed by atoms with E-state index in [1.165, 1.54) is 4.31 Å². The highest BCUT2D eigenvalue weighted by molar-refractivity contribution is 7.92. The van der Waals surface area contributed by atoms with Crippen LogP contribution in [-0.2, 0) is 26.8 Å². The molecule has 1 aliphatic rings. The van der Waals surface area contributed by atoms with Crippen molar-refractivity contribution in [1.29, 1.82) is 0 Å². The van der Waals surface area contributed by atoms with Gasteiger partial charge in [0.1, 0.15) is 5.75 Å². The van der Waals surface area contributed by atoms with E-state index in [0.717, 1.165) is 11.1 Å². The molecule has 1 atom stereocenters. The molecule has 4 rings (SSSR count). The van der Waals surface area contributed by atoms with Gasteiger partial charge in [0.15, 0.2) is 6.10 Å². The van der Waals surface area contributed by atoms with Gasteiger partial charge in [-0.3, -0.25) is 9.10 Å². The lowest BCUT2D eigenvalue weighted by atomic mass is 9.86. The zero-order valence-corrected chi connectivity index (χ0v) is 20.9. The third-order valence-corrected chi connectivity index (χ3v) is 7.74. The van der Waals surface area contributed by atoms with Crippen LogP contribution in [0.15, 0.2) is 77.7 Å². The van der Waals surface area contributed by atoms with Crippen LogP contribution in [0.5, 0.6) is 5.75 Å². The van der Waals surface area contributed by atoms with Crippen LogP contribution < -0.4 is 14.4 Å². The van der Waals surface area contributed by atoms with Crippen molar-refractivity contribution in [2.75, 3.05) is 10.8 Å². The molecular formula is C26H27ClN2O4S. The summed E-state index contributed by atoms with van der Waals surface area (Å²) >= 11 is 5.92. The maximum atomic E-state index is 13.6. The molecule has 3 aromatic carbocycles. The summed E-state index contributed by atoms with van der Waals surface area (Å²) in [6.07, 6.45) is -1.00. The standard InChI is InChI=1S/C26H27ClN2O4S/c1-26(2,3)19-11-14-23-22(15-19)29(34(31,32)21-7-5-4-6-8-21)17-24(33-23)25(30)28-16-18-9-12-20(27)13-10-18/h4-15,24H,16-17H2,1-3H3,(H,28,30)/t24-/m0/s1. The molecular weight excluding hydrogens is 472 g/mol. The Kier molecular flexibility index (Phi) is 6.60. The second kappa shape index (κ2) is 9.31. The molecule has 0 saturated heterocycles. The van der Waals surface area contributed by atoms with Gasteiger partial charge in [-0.25, -0.2) is 8.42 Å². The topological polar surface area (TPSA) is 75.7 Å². The third-order valence-electron chi connectivity index (χ3n) is 5.70. The first-order valence-electron chi connectivity index (χ1n) is 11.0. The number of hydrogen-bond donors (Lipinski definition) is 1. The largest absolute Gasteiger partial charge is 0.476 e. The Balaban J connectivity index is 1.66. The zero-order valence-electron chi connectivity index (χ0n) is 19.3. The Morgan fingerprint density at radius 3 is 2.38 bits per heavy atom. The SMILES string of the molecule is CC(C)(C)c1ccc2c(c1)N(S(=O)(=O)c1ccccc1)C[C@@H](C(=O)NCc1ccc(Cl)cc1)O2. The minimum Gasteiger partial charge on any atom is -0.476 e. The second-order valence-corrected chi connectivity index (χ2v) is 11.5. The van der Waals surface area contributed by atoms with Crippen molar-refractivity contribution in [2.24, 2.45) is 0 Å². The maximum Gasteiger partial charge on any atom is 0.264 e. The molecule has 0 saturated carbocycles. The molecule has 3 aromatic rings. The molecule has 0 fully saturated rings. The van der Waals surface area contributed by atoms with E-state index in [0.29, 0.717) is 16.5 Å². The number of anilines is 1. The molecule has 0 unspecified atom stereocenters. The third kappa shape index (κ3) is 5.05. The summed E-state index contributed by atoms with van der Waals surface area (Å²) in [5.74, 6) is -0.0424. The van der Waals surface area contributed by atoms with Gasteiger partial charge < -0.3 is 10.1 Å². The Hall–Kier alpha value is -3.03. The average molecular weight is 499 g/mol. The highest BCUT2D eigenvalue weighted by atomic mass is 35.5. The zero-order chi connectivity index (χ0) is 24.5. The fourth-order valence-corrected chi connectivity index (χ4v) is 5.32. The van der Waals surface area contributed by atoms with Gasteiger partial charge in [-0.05, 0) is 52.9 Å². The lowest BCUT2D eigenvalue weighted by molar-refractivity contribution is -0.127. The van der Waals surface area contributed by atoms with Crippen LogP contribution in [0.2, 0.25) is 5.02 Å². The lowest BCUT2D eigenvalue weighted by Crippen LogP contribution is -2.50. The minimum atomic E-state index is -3.92. The van der Waals surface area contributed by atoms with E-state index in [1.807, 2.05) is 24.3 Å². The van der Waals surface area contributed by atoms with Crippen molar-refractivity contribution < 1.29 is 17.9 Å². The number of halogens is 1. The fourth-order valence-electron chi connectivity index (χ4n) is 3.71. The number of hydrogen-bond acceptors (Lipinski definition) is 4. The first-order valence-corrected chi connectivity index (χ1v) is 12.8. The molecule has 34 heavy (non-hydrogen) atoms. The first kappa shape index (κ1) is 24.1. The fraction of sp³-hybridized carbons (Fsp3) is 0.269. The number of nitrogens with zero attached hydrogens (tertiary/aromatic N) is 1. The van der Waals surface area contributed by atoms with Crippen molar-refractivity contribution in [2.45, 2.75) is 43.7 Å². The van der Waals surface area contributed by atoms with E-state index in [4.69, 9.17) is 16.3 Å². The number of rotatable bonds is 5. The number of fused-ring (bicyclic) bond motifs is 1.